The normalized spacial score (nSPS) is 12.2. The Labute approximate surface area is 158 Å². The molecule has 9 heteroatoms. The molecule has 2 rings (SSSR count). The maximum absolute atomic E-state index is 12.9. The minimum absolute atomic E-state index is 0.0421. The predicted octanol–water partition coefficient (Wildman–Crippen LogP) is 4.73. The number of ketones is 1. The molecule has 2 aromatic rings. The molecule has 0 saturated carbocycles. The number of hydrogen-bond donors (Lipinski definition) is 2. The second-order valence-corrected chi connectivity index (χ2v) is 5.77. The number of halogens is 4. The van der Waals surface area contributed by atoms with Gasteiger partial charge in [0.15, 0.2) is 6.17 Å². The molecule has 0 fully saturated rings. The Morgan fingerprint density at radius 1 is 1.15 bits per heavy atom. The molecule has 0 aliphatic rings. The largest absolute Gasteiger partial charge is 0.450 e. The van der Waals surface area contributed by atoms with Gasteiger partial charge in [-0.15, -0.1) is 0 Å². The average Bonchev–Trinajstić information content (AvgIpc) is 2.62. The van der Waals surface area contributed by atoms with Gasteiger partial charge in [0.1, 0.15) is 0 Å². The minimum Gasteiger partial charge on any atom is -0.450 e. The van der Waals surface area contributed by atoms with Gasteiger partial charge in [0.05, 0.1) is 22.9 Å². The Hall–Kier alpha value is -2.74. The fourth-order valence-corrected chi connectivity index (χ4v) is 2.37. The third-order valence-corrected chi connectivity index (χ3v) is 3.78. The molecular formula is C18H16ClF3N2O3. The van der Waals surface area contributed by atoms with Crippen molar-refractivity contribution < 1.29 is 27.5 Å². The number of nitrogens with one attached hydrogen (secondary N) is 2. The number of amides is 1. The van der Waals surface area contributed by atoms with Gasteiger partial charge in [-0.05, 0) is 25.1 Å². The van der Waals surface area contributed by atoms with Crippen molar-refractivity contribution >= 4 is 29.2 Å². The SMILES string of the molecule is CCOC(=O)N[C@@H](Nc1cc(C(F)(F)F)ccc1Cl)C(=O)c1ccccc1. The van der Waals surface area contributed by atoms with E-state index >= 15 is 0 Å². The fourth-order valence-electron chi connectivity index (χ4n) is 2.19. The maximum atomic E-state index is 12.9. The average molecular weight is 401 g/mol. The first-order valence-electron chi connectivity index (χ1n) is 7.88. The Kier molecular flexibility index (Phi) is 6.68. The lowest BCUT2D eigenvalue weighted by Crippen LogP contribution is -2.46. The summed E-state index contributed by atoms with van der Waals surface area (Å²) >= 11 is 5.95. The highest BCUT2D eigenvalue weighted by Gasteiger charge is 2.32. The van der Waals surface area contributed by atoms with Gasteiger partial charge >= 0.3 is 12.3 Å². The van der Waals surface area contributed by atoms with Crippen LogP contribution in [-0.2, 0) is 10.9 Å². The molecule has 0 radical (unpaired) electrons. The second kappa shape index (κ2) is 8.77. The summed E-state index contributed by atoms with van der Waals surface area (Å²) in [4.78, 5) is 24.4. The highest BCUT2D eigenvalue weighted by Crippen LogP contribution is 2.34. The third-order valence-electron chi connectivity index (χ3n) is 3.45. The molecule has 5 nitrogen and oxygen atoms in total. The highest BCUT2D eigenvalue weighted by molar-refractivity contribution is 6.33. The van der Waals surface area contributed by atoms with Crippen molar-refractivity contribution in [2.75, 3.05) is 11.9 Å². The fraction of sp³-hybridized carbons (Fsp3) is 0.222. The van der Waals surface area contributed by atoms with Gasteiger partial charge in [0.2, 0.25) is 5.78 Å². The molecule has 0 unspecified atom stereocenters. The van der Waals surface area contributed by atoms with Crippen LogP contribution in [0.3, 0.4) is 0 Å². The number of benzene rings is 2. The van der Waals surface area contributed by atoms with E-state index < -0.39 is 29.8 Å². The van der Waals surface area contributed by atoms with Gasteiger partial charge in [-0.25, -0.2) is 4.79 Å². The summed E-state index contributed by atoms with van der Waals surface area (Å²) in [6.45, 7) is 1.63. The van der Waals surface area contributed by atoms with Crippen LogP contribution in [0.15, 0.2) is 48.5 Å². The zero-order valence-electron chi connectivity index (χ0n) is 14.1. The van der Waals surface area contributed by atoms with Gasteiger partial charge in [0.25, 0.3) is 0 Å². The first-order chi connectivity index (χ1) is 12.7. The summed E-state index contributed by atoms with van der Waals surface area (Å²) in [5, 5.41) is 4.80. The van der Waals surface area contributed by atoms with Crippen molar-refractivity contribution in [1.29, 1.82) is 0 Å². The van der Waals surface area contributed by atoms with Crippen LogP contribution in [0.25, 0.3) is 0 Å². The van der Waals surface area contributed by atoms with Crippen LogP contribution in [0.2, 0.25) is 5.02 Å². The zero-order chi connectivity index (χ0) is 20.0. The molecule has 144 valence electrons. The maximum Gasteiger partial charge on any atom is 0.416 e. The molecule has 2 aromatic carbocycles. The molecule has 0 saturated heterocycles. The molecule has 0 bridgehead atoms. The lowest BCUT2D eigenvalue weighted by molar-refractivity contribution is -0.137. The van der Waals surface area contributed by atoms with E-state index in [1.165, 1.54) is 12.1 Å². The van der Waals surface area contributed by atoms with E-state index in [0.29, 0.717) is 0 Å². The molecule has 1 atom stereocenters. The van der Waals surface area contributed by atoms with Crippen molar-refractivity contribution in [3.63, 3.8) is 0 Å². The van der Waals surface area contributed by atoms with Gasteiger partial charge in [-0.3, -0.25) is 10.1 Å². The monoisotopic (exact) mass is 400 g/mol. The van der Waals surface area contributed by atoms with Crippen LogP contribution in [0.1, 0.15) is 22.8 Å². The van der Waals surface area contributed by atoms with Crippen molar-refractivity contribution in [3.8, 4) is 0 Å². The Morgan fingerprint density at radius 2 is 1.81 bits per heavy atom. The number of Topliss-reactive ketones (excluding diaryl/α,β-unsaturated/α-hetero) is 1. The zero-order valence-corrected chi connectivity index (χ0v) is 14.9. The van der Waals surface area contributed by atoms with Gasteiger partial charge < -0.3 is 10.1 Å². The van der Waals surface area contributed by atoms with Crippen LogP contribution in [0, 0.1) is 0 Å². The summed E-state index contributed by atoms with van der Waals surface area (Å²) in [6, 6.07) is 10.6. The van der Waals surface area contributed by atoms with Gasteiger partial charge in [-0.1, -0.05) is 41.9 Å². The topological polar surface area (TPSA) is 67.4 Å². The lowest BCUT2D eigenvalue weighted by atomic mass is 10.1. The first kappa shape index (κ1) is 20.6. The van der Waals surface area contributed by atoms with Crippen molar-refractivity contribution in [2.45, 2.75) is 19.3 Å². The van der Waals surface area contributed by atoms with E-state index in [-0.39, 0.29) is 22.9 Å². The van der Waals surface area contributed by atoms with E-state index in [4.69, 9.17) is 16.3 Å². The predicted molar refractivity (Wildman–Crippen MR) is 94.8 cm³/mol. The summed E-state index contributed by atoms with van der Waals surface area (Å²) in [7, 11) is 0. The minimum atomic E-state index is -4.59. The summed E-state index contributed by atoms with van der Waals surface area (Å²) in [5.41, 5.74) is -0.857. The van der Waals surface area contributed by atoms with Crippen LogP contribution in [-0.4, -0.2) is 24.6 Å². The number of alkyl halides is 3. The molecule has 0 aliphatic carbocycles. The smallest absolute Gasteiger partial charge is 0.416 e. The van der Waals surface area contributed by atoms with E-state index in [0.717, 1.165) is 18.2 Å². The van der Waals surface area contributed by atoms with Crippen molar-refractivity contribution in [3.05, 3.63) is 64.7 Å². The molecule has 0 aliphatic heterocycles. The van der Waals surface area contributed by atoms with Crippen LogP contribution >= 0.6 is 11.6 Å². The van der Waals surface area contributed by atoms with E-state index in [2.05, 4.69) is 10.6 Å². The molecule has 27 heavy (non-hydrogen) atoms. The number of ether oxygens (including phenoxy) is 1. The van der Waals surface area contributed by atoms with Gasteiger partial charge in [-0.2, -0.15) is 13.2 Å². The van der Waals surface area contributed by atoms with Crippen LogP contribution in [0.4, 0.5) is 23.7 Å². The number of hydrogen-bond acceptors (Lipinski definition) is 4. The van der Waals surface area contributed by atoms with E-state index in [1.54, 1.807) is 25.1 Å². The Balaban J connectivity index is 2.34. The third kappa shape index (κ3) is 5.62. The number of carbonyl (C=O) groups is 2. The number of rotatable bonds is 6. The van der Waals surface area contributed by atoms with Crippen LogP contribution in [0.5, 0.6) is 0 Å². The standard InChI is InChI=1S/C18H16ClF3N2O3/c1-2-27-17(26)24-16(15(25)11-6-4-3-5-7-11)23-14-10-12(18(20,21)22)8-9-13(14)19/h3-10,16,23H,2H2,1H3,(H,24,26)/t16-/m1/s1. The highest BCUT2D eigenvalue weighted by atomic mass is 35.5. The molecule has 2 N–H and O–H groups in total. The lowest BCUT2D eigenvalue weighted by Gasteiger charge is -2.21. The van der Waals surface area contributed by atoms with E-state index in [1.807, 2.05) is 0 Å². The first-order valence-corrected chi connectivity index (χ1v) is 8.26. The second-order valence-electron chi connectivity index (χ2n) is 5.36. The molecular weight excluding hydrogens is 385 g/mol. The summed E-state index contributed by atoms with van der Waals surface area (Å²) < 4.78 is 43.6. The Bertz CT molecular complexity index is 813. The number of anilines is 1. The summed E-state index contributed by atoms with van der Waals surface area (Å²) in [6.07, 6.45) is -6.87. The van der Waals surface area contributed by atoms with Crippen molar-refractivity contribution in [2.24, 2.45) is 0 Å². The molecule has 0 spiro atoms. The quantitative estimate of drug-likeness (QED) is 0.543. The number of alkyl carbamates (subject to hydrolysis) is 1. The summed E-state index contributed by atoms with van der Waals surface area (Å²) in [5.74, 6) is -0.572. The van der Waals surface area contributed by atoms with Crippen molar-refractivity contribution in [1.82, 2.24) is 5.32 Å². The Morgan fingerprint density at radius 3 is 2.41 bits per heavy atom. The molecule has 0 aromatic heterocycles. The van der Waals surface area contributed by atoms with Gasteiger partial charge in [0, 0.05) is 5.56 Å². The van der Waals surface area contributed by atoms with E-state index in [9.17, 15) is 22.8 Å². The number of carbonyl (C=O) groups excluding carboxylic acids is 2. The molecule has 1 amide bonds. The molecule has 0 heterocycles. The van der Waals surface area contributed by atoms with Crippen LogP contribution < -0.4 is 10.6 Å².